The second-order valence-electron chi connectivity index (χ2n) is 4.80. The number of benzene rings is 2. The summed E-state index contributed by atoms with van der Waals surface area (Å²) in [5.74, 6) is 1.77. The van der Waals surface area contributed by atoms with Crippen molar-refractivity contribution in [3.05, 3.63) is 70.7 Å². The molecule has 0 unspecified atom stereocenters. The highest BCUT2D eigenvalue weighted by molar-refractivity contribution is 8.00. The van der Waals surface area contributed by atoms with Gasteiger partial charge in [0.25, 0.3) is 0 Å². The molecule has 0 bridgehead atoms. The quantitative estimate of drug-likeness (QED) is 0.613. The maximum absolute atomic E-state index is 5.85. The van der Waals surface area contributed by atoms with Crippen LogP contribution in [0.2, 0.25) is 0 Å². The average molecular weight is 328 g/mol. The van der Waals surface area contributed by atoms with Crippen LogP contribution in [0.5, 0.6) is 5.75 Å². The van der Waals surface area contributed by atoms with Gasteiger partial charge in [-0.2, -0.15) is 0 Å². The lowest BCUT2D eigenvalue weighted by Crippen LogP contribution is -1.95. The van der Waals surface area contributed by atoms with Gasteiger partial charge in [0.1, 0.15) is 17.4 Å². The fourth-order valence-electron chi connectivity index (χ4n) is 1.95. The van der Waals surface area contributed by atoms with E-state index in [1.807, 2.05) is 37.3 Å². The summed E-state index contributed by atoms with van der Waals surface area (Å²) in [6.07, 6.45) is 0. The van der Waals surface area contributed by atoms with Crippen molar-refractivity contribution in [1.82, 2.24) is 10.2 Å². The van der Waals surface area contributed by atoms with Crippen LogP contribution in [0.4, 0.5) is 0 Å². The second-order valence-corrected chi connectivity index (χ2v) is 7.20. The van der Waals surface area contributed by atoms with Crippen molar-refractivity contribution in [2.45, 2.75) is 23.6 Å². The van der Waals surface area contributed by atoms with Gasteiger partial charge in [0.2, 0.25) is 0 Å². The van der Waals surface area contributed by atoms with Crippen molar-refractivity contribution < 1.29 is 4.74 Å². The standard InChI is InChI=1S/C17H16N2OS2/c1-13-18-19-17(22-13)21-12-15-8-5-9-16(10-15)20-11-14-6-3-2-4-7-14/h2-10H,11-12H2,1H3. The van der Waals surface area contributed by atoms with Gasteiger partial charge in [-0.15, -0.1) is 10.2 Å². The molecule has 3 rings (SSSR count). The molecule has 0 radical (unpaired) electrons. The molecule has 3 nitrogen and oxygen atoms in total. The first kappa shape index (κ1) is 15.1. The molecule has 0 saturated carbocycles. The lowest BCUT2D eigenvalue weighted by atomic mass is 10.2. The van der Waals surface area contributed by atoms with Crippen LogP contribution in [0.15, 0.2) is 58.9 Å². The molecule has 0 spiro atoms. The van der Waals surface area contributed by atoms with Gasteiger partial charge in [0.05, 0.1) is 0 Å². The molecular formula is C17H16N2OS2. The lowest BCUT2D eigenvalue weighted by molar-refractivity contribution is 0.306. The molecule has 22 heavy (non-hydrogen) atoms. The number of nitrogens with zero attached hydrogens (tertiary/aromatic N) is 2. The molecule has 1 heterocycles. The Balaban J connectivity index is 1.57. The number of hydrogen-bond donors (Lipinski definition) is 0. The number of rotatable bonds is 6. The summed E-state index contributed by atoms with van der Waals surface area (Å²) in [4.78, 5) is 0. The molecule has 0 amide bonds. The van der Waals surface area contributed by atoms with Crippen LogP contribution in [-0.4, -0.2) is 10.2 Å². The van der Waals surface area contributed by atoms with Gasteiger partial charge in [-0.25, -0.2) is 0 Å². The van der Waals surface area contributed by atoms with E-state index in [2.05, 4.69) is 34.5 Å². The minimum Gasteiger partial charge on any atom is -0.489 e. The summed E-state index contributed by atoms with van der Waals surface area (Å²) in [6.45, 7) is 2.56. The molecule has 1 aromatic heterocycles. The normalized spacial score (nSPS) is 10.6. The zero-order valence-electron chi connectivity index (χ0n) is 12.2. The SMILES string of the molecule is Cc1nnc(SCc2cccc(OCc3ccccc3)c2)s1. The molecule has 0 aliphatic heterocycles. The molecule has 0 saturated heterocycles. The maximum atomic E-state index is 5.85. The molecule has 0 fully saturated rings. The molecule has 3 aromatic rings. The van der Waals surface area contributed by atoms with Crippen LogP contribution in [0.3, 0.4) is 0 Å². The zero-order chi connectivity index (χ0) is 15.2. The van der Waals surface area contributed by atoms with E-state index in [-0.39, 0.29) is 0 Å². The van der Waals surface area contributed by atoms with Crippen molar-refractivity contribution in [3.63, 3.8) is 0 Å². The van der Waals surface area contributed by atoms with Crippen molar-refractivity contribution in [2.24, 2.45) is 0 Å². The number of ether oxygens (including phenoxy) is 1. The predicted molar refractivity (Wildman–Crippen MR) is 91.4 cm³/mol. The van der Waals surface area contributed by atoms with Crippen molar-refractivity contribution in [3.8, 4) is 5.75 Å². The van der Waals surface area contributed by atoms with Gasteiger partial charge in [0.15, 0.2) is 4.34 Å². The highest BCUT2D eigenvalue weighted by atomic mass is 32.2. The molecule has 0 N–H and O–H groups in total. The summed E-state index contributed by atoms with van der Waals surface area (Å²) in [5.41, 5.74) is 2.40. The molecular weight excluding hydrogens is 312 g/mol. The van der Waals surface area contributed by atoms with E-state index >= 15 is 0 Å². The second kappa shape index (κ2) is 7.42. The zero-order valence-corrected chi connectivity index (χ0v) is 13.9. The van der Waals surface area contributed by atoms with Crippen molar-refractivity contribution >= 4 is 23.1 Å². The van der Waals surface area contributed by atoms with E-state index in [9.17, 15) is 0 Å². The Labute approximate surface area is 138 Å². The highest BCUT2D eigenvalue weighted by Gasteiger charge is 2.03. The van der Waals surface area contributed by atoms with E-state index in [1.54, 1.807) is 23.1 Å². The van der Waals surface area contributed by atoms with E-state index in [4.69, 9.17) is 4.74 Å². The van der Waals surface area contributed by atoms with Crippen molar-refractivity contribution in [2.75, 3.05) is 0 Å². The van der Waals surface area contributed by atoms with Crippen LogP contribution >= 0.6 is 23.1 Å². The summed E-state index contributed by atoms with van der Waals surface area (Å²) < 4.78 is 6.86. The monoisotopic (exact) mass is 328 g/mol. The van der Waals surface area contributed by atoms with E-state index in [1.165, 1.54) is 11.1 Å². The van der Waals surface area contributed by atoms with Crippen LogP contribution in [-0.2, 0) is 12.4 Å². The van der Waals surface area contributed by atoms with E-state index in [0.29, 0.717) is 6.61 Å². The summed E-state index contributed by atoms with van der Waals surface area (Å²) in [7, 11) is 0. The van der Waals surface area contributed by atoms with Crippen LogP contribution in [0.25, 0.3) is 0 Å². The summed E-state index contributed by atoms with van der Waals surface area (Å²) >= 11 is 3.34. The molecule has 112 valence electrons. The molecule has 2 aromatic carbocycles. The van der Waals surface area contributed by atoms with Crippen LogP contribution in [0, 0.1) is 6.92 Å². The first-order chi connectivity index (χ1) is 10.8. The lowest BCUT2D eigenvalue weighted by Gasteiger charge is -2.07. The Hall–Kier alpha value is -1.85. The Morgan fingerprint density at radius 3 is 2.59 bits per heavy atom. The third-order valence-corrected chi connectivity index (χ3v) is 5.06. The van der Waals surface area contributed by atoms with Crippen LogP contribution < -0.4 is 4.74 Å². The smallest absolute Gasteiger partial charge is 0.174 e. The predicted octanol–water partition coefficient (Wildman–Crippen LogP) is 4.72. The number of thioether (sulfide) groups is 1. The topological polar surface area (TPSA) is 35.0 Å². The third-order valence-electron chi connectivity index (χ3n) is 3.02. The van der Waals surface area contributed by atoms with Gasteiger partial charge in [-0.3, -0.25) is 0 Å². The molecule has 0 atom stereocenters. The first-order valence-electron chi connectivity index (χ1n) is 6.98. The van der Waals surface area contributed by atoms with E-state index < -0.39 is 0 Å². The molecule has 5 heteroatoms. The number of aromatic nitrogens is 2. The highest BCUT2D eigenvalue weighted by Crippen LogP contribution is 2.27. The average Bonchev–Trinajstić information content (AvgIpc) is 2.98. The fraction of sp³-hybridized carbons (Fsp3) is 0.176. The van der Waals surface area contributed by atoms with Crippen LogP contribution in [0.1, 0.15) is 16.1 Å². The number of hydrogen-bond acceptors (Lipinski definition) is 5. The van der Waals surface area contributed by atoms with Gasteiger partial charge in [-0.05, 0) is 30.2 Å². The Kier molecular flexibility index (Phi) is 5.08. The Morgan fingerprint density at radius 1 is 1.00 bits per heavy atom. The van der Waals surface area contributed by atoms with Gasteiger partial charge >= 0.3 is 0 Å². The maximum Gasteiger partial charge on any atom is 0.174 e. The van der Waals surface area contributed by atoms with E-state index in [0.717, 1.165) is 20.8 Å². The fourth-order valence-corrected chi connectivity index (χ4v) is 3.71. The van der Waals surface area contributed by atoms with Crippen molar-refractivity contribution in [1.29, 1.82) is 0 Å². The first-order valence-corrected chi connectivity index (χ1v) is 8.78. The summed E-state index contributed by atoms with van der Waals surface area (Å²) in [6, 6.07) is 18.4. The molecule has 0 aliphatic carbocycles. The Bertz CT molecular complexity index is 728. The molecule has 0 aliphatic rings. The third kappa shape index (κ3) is 4.32. The number of aryl methyl sites for hydroxylation is 1. The summed E-state index contributed by atoms with van der Waals surface area (Å²) in [5, 5.41) is 9.16. The van der Waals surface area contributed by atoms with Gasteiger partial charge in [-0.1, -0.05) is 65.6 Å². The largest absolute Gasteiger partial charge is 0.489 e. The van der Waals surface area contributed by atoms with Gasteiger partial charge in [0, 0.05) is 5.75 Å². The minimum atomic E-state index is 0.590. The Morgan fingerprint density at radius 2 is 1.82 bits per heavy atom. The minimum absolute atomic E-state index is 0.590. The van der Waals surface area contributed by atoms with Gasteiger partial charge < -0.3 is 4.74 Å².